The average Bonchev–Trinajstić information content (AvgIpc) is 3.61. The number of nitrogens with zero attached hydrogens (tertiary/aromatic N) is 7. The highest BCUT2D eigenvalue weighted by atomic mass is 35.5. The van der Waals surface area contributed by atoms with E-state index >= 15 is 0 Å². The first-order valence-electron chi connectivity index (χ1n) is 11.7. The quantitative estimate of drug-likeness (QED) is 0.552. The van der Waals surface area contributed by atoms with Crippen molar-refractivity contribution in [3.8, 4) is 11.1 Å². The van der Waals surface area contributed by atoms with E-state index in [1.807, 2.05) is 11.0 Å². The van der Waals surface area contributed by atoms with Crippen molar-refractivity contribution in [1.82, 2.24) is 29.5 Å². The molecule has 0 aliphatic carbocycles. The summed E-state index contributed by atoms with van der Waals surface area (Å²) in [6.45, 7) is 5.58. The standard InChI is InChI=1S/C25H28ClN7O2/c1-18(34)30(2)22-12-29-33(14-22)24(35)32-8-6-25(16-32)5-7-31(15-25)13-20-4-3-19(9-23(20)26)21-10-27-17-28-11-21/h3-4,9-12,14,17H,5-8,13,15-16H2,1-2H3. The average molecular weight is 494 g/mol. The third kappa shape index (κ3) is 4.78. The molecule has 10 heteroatoms. The number of benzene rings is 1. The van der Waals surface area contributed by atoms with Crippen LogP contribution in [0.15, 0.2) is 49.3 Å². The zero-order chi connectivity index (χ0) is 24.6. The molecule has 1 aromatic carbocycles. The van der Waals surface area contributed by atoms with Crippen molar-refractivity contribution in [1.29, 1.82) is 0 Å². The van der Waals surface area contributed by atoms with Crippen molar-refractivity contribution in [2.24, 2.45) is 5.41 Å². The van der Waals surface area contributed by atoms with Crippen LogP contribution in [0.25, 0.3) is 11.1 Å². The zero-order valence-corrected chi connectivity index (χ0v) is 20.6. The Labute approximate surface area is 209 Å². The smallest absolute Gasteiger partial charge is 0.322 e. The lowest BCUT2D eigenvalue weighted by Crippen LogP contribution is -2.36. The molecule has 2 aromatic heterocycles. The second kappa shape index (κ2) is 9.39. The second-order valence-electron chi connectivity index (χ2n) is 9.57. The SMILES string of the molecule is CC(=O)N(C)c1cnn(C(=O)N2CCC3(CCN(Cc4ccc(-c5cncnc5)cc4Cl)C3)C2)c1. The van der Waals surface area contributed by atoms with Crippen molar-refractivity contribution in [2.45, 2.75) is 26.3 Å². The Morgan fingerprint density at radius 2 is 1.86 bits per heavy atom. The summed E-state index contributed by atoms with van der Waals surface area (Å²) < 4.78 is 1.33. The lowest BCUT2D eigenvalue weighted by Gasteiger charge is -2.25. The number of halogens is 1. The van der Waals surface area contributed by atoms with Crippen molar-refractivity contribution >= 4 is 29.2 Å². The number of carbonyl (C=O) groups is 2. The van der Waals surface area contributed by atoms with Crippen LogP contribution in [0, 0.1) is 5.41 Å². The maximum Gasteiger partial charge on any atom is 0.344 e. The van der Waals surface area contributed by atoms with Gasteiger partial charge in [0, 0.05) is 68.5 Å². The molecule has 5 rings (SSSR count). The zero-order valence-electron chi connectivity index (χ0n) is 19.9. The van der Waals surface area contributed by atoms with E-state index in [0.717, 1.165) is 54.2 Å². The second-order valence-corrected chi connectivity index (χ2v) is 9.98. The Hall–Kier alpha value is -3.30. The fraction of sp³-hybridized carbons (Fsp3) is 0.400. The highest BCUT2D eigenvalue weighted by Crippen LogP contribution is 2.40. The van der Waals surface area contributed by atoms with E-state index in [-0.39, 0.29) is 17.4 Å². The number of hydrogen-bond donors (Lipinski definition) is 0. The van der Waals surface area contributed by atoms with E-state index in [4.69, 9.17) is 11.6 Å². The van der Waals surface area contributed by atoms with Crippen molar-refractivity contribution in [3.05, 3.63) is 59.9 Å². The summed E-state index contributed by atoms with van der Waals surface area (Å²) in [6, 6.07) is 5.96. The Bertz CT molecular complexity index is 1250. The van der Waals surface area contributed by atoms with Crippen LogP contribution in [0.3, 0.4) is 0 Å². The predicted octanol–water partition coefficient (Wildman–Crippen LogP) is 3.54. The first-order valence-corrected chi connectivity index (χ1v) is 12.1. The van der Waals surface area contributed by atoms with Crippen LogP contribution in [0.1, 0.15) is 25.3 Å². The Kier molecular flexibility index (Phi) is 6.29. The van der Waals surface area contributed by atoms with Gasteiger partial charge < -0.3 is 9.80 Å². The highest BCUT2D eigenvalue weighted by molar-refractivity contribution is 6.31. The minimum Gasteiger partial charge on any atom is -0.322 e. The molecule has 1 atom stereocenters. The molecule has 0 N–H and O–H groups in total. The van der Waals surface area contributed by atoms with Gasteiger partial charge in [0.1, 0.15) is 6.33 Å². The molecule has 0 bridgehead atoms. The van der Waals surface area contributed by atoms with E-state index in [1.54, 1.807) is 31.8 Å². The lowest BCUT2D eigenvalue weighted by atomic mass is 9.86. The first kappa shape index (κ1) is 23.4. The number of likely N-dealkylation sites (tertiary alicyclic amines) is 2. The number of aromatic nitrogens is 4. The van der Waals surface area contributed by atoms with Crippen molar-refractivity contribution < 1.29 is 9.59 Å². The van der Waals surface area contributed by atoms with Gasteiger partial charge in [0.15, 0.2) is 0 Å². The van der Waals surface area contributed by atoms with Gasteiger partial charge >= 0.3 is 6.03 Å². The van der Waals surface area contributed by atoms with Crippen LogP contribution in [0.2, 0.25) is 5.02 Å². The summed E-state index contributed by atoms with van der Waals surface area (Å²) in [6.07, 6.45) is 10.2. The van der Waals surface area contributed by atoms with Crippen LogP contribution in [0.5, 0.6) is 0 Å². The molecule has 0 radical (unpaired) electrons. The summed E-state index contributed by atoms with van der Waals surface area (Å²) in [5.74, 6) is -0.105. The van der Waals surface area contributed by atoms with Gasteiger partial charge in [-0.05, 0) is 36.6 Å². The van der Waals surface area contributed by atoms with Crippen LogP contribution in [-0.2, 0) is 11.3 Å². The third-order valence-corrected chi connectivity index (χ3v) is 7.54. The van der Waals surface area contributed by atoms with Gasteiger partial charge in [-0.25, -0.2) is 14.8 Å². The fourth-order valence-electron chi connectivity index (χ4n) is 5.06. The molecule has 2 amide bonds. The van der Waals surface area contributed by atoms with Crippen LogP contribution in [0.4, 0.5) is 10.5 Å². The van der Waals surface area contributed by atoms with Gasteiger partial charge in [0.25, 0.3) is 0 Å². The fourth-order valence-corrected chi connectivity index (χ4v) is 5.30. The van der Waals surface area contributed by atoms with Gasteiger partial charge in [-0.1, -0.05) is 23.7 Å². The van der Waals surface area contributed by atoms with Crippen LogP contribution < -0.4 is 4.90 Å². The van der Waals surface area contributed by atoms with Gasteiger partial charge in [-0.2, -0.15) is 9.78 Å². The Balaban J connectivity index is 1.21. The summed E-state index contributed by atoms with van der Waals surface area (Å²) >= 11 is 6.63. The highest BCUT2D eigenvalue weighted by Gasteiger charge is 2.45. The largest absolute Gasteiger partial charge is 0.344 e. The molecular formula is C25H28ClN7O2. The summed E-state index contributed by atoms with van der Waals surface area (Å²) in [5, 5.41) is 4.92. The molecule has 1 unspecified atom stereocenters. The van der Waals surface area contributed by atoms with Crippen LogP contribution >= 0.6 is 11.6 Å². The van der Waals surface area contributed by atoms with E-state index in [9.17, 15) is 9.59 Å². The van der Waals surface area contributed by atoms with E-state index in [0.29, 0.717) is 18.8 Å². The van der Waals surface area contributed by atoms with E-state index in [2.05, 4.69) is 32.1 Å². The van der Waals surface area contributed by atoms with Gasteiger partial charge in [-0.3, -0.25) is 9.69 Å². The van der Waals surface area contributed by atoms with Crippen LogP contribution in [-0.4, -0.2) is 74.7 Å². The van der Waals surface area contributed by atoms with Gasteiger partial charge in [-0.15, -0.1) is 0 Å². The Morgan fingerprint density at radius 3 is 2.60 bits per heavy atom. The summed E-state index contributed by atoms with van der Waals surface area (Å²) in [5.41, 5.74) is 3.73. The molecule has 2 aliphatic rings. The topological polar surface area (TPSA) is 87.5 Å². The monoisotopic (exact) mass is 493 g/mol. The molecule has 35 heavy (non-hydrogen) atoms. The normalized spacial score (nSPS) is 20.0. The van der Waals surface area contributed by atoms with Gasteiger partial charge in [0.05, 0.1) is 18.1 Å². The molecule has 2 fully saturated rings. The van der Waals surface area contributed by atoms with Gasteiger partial charge in [0.2, 0.25) is 5.91 Å². The number of anilines is 1. The van der Waals surface area contributed by atoms with Crippen molar-refractivity contribution in [3.63, 3.8) is 0 Å². The summed E-state index contributed by atoms with van der Waals surface area (Å²) in [4.78, 5) is 38.6. The lowest BCUT2D eigenvalue weighted by molar-refractivity contribution is -0.116. The molecule has 9 nitrogen and oxygen atoms in total. The number of carbonyl (C=O) groups excluding carboxylic acids is 2. The summed E-state index contributed by atoms with van der Waals surface area (Å²) in [7, 11) is 1.67. The maximum atomic E-state index is 13.0. The number of hydrogen-bond acceptors (Lipinski definition) is 6. The maximum absolute atomic E-state index is 13.0. The number of amides is 2. The molecule has 4 heterocycles. The van der Waals surface area contributed by atoms with E-state index < -0.39 is 0 Å². The minimum atomic E-state index is -0.146. The molecule has 0 saturated carbocycles. The molecule has 182 valence electrons. The minimum absolute atomic E-state index is 0.0929. The van der Waals surface area contributed by atoms with E-state index in [1.165, 1.54) is 22.8 Å². The molecular weight excluding hydrogens is 466 g/mol. The number of rotatable bonds is 4. The molecule has 2 saturated heterocycles. The third-order valence-electron chi connectivity index (χ3n) is 7.19. The molecule has 2 aliphatic heterocycles. The van der Waals surface area contributed by atoms with Crippen molar-refractivity contribution in [2.75, 3.05) is 38.1 Å². The predicted molar refractivity (Wildman–Crippen MR) is 133 cm³/mol. The first-order chi connectivity index (χ1) is 16.8. The Morgan fingerprint density at radius 1 is 1.09 bits per heavy atom. The molecule has 3 aromatic rings. The molecule has 1 spiro atoms.